The molecule has 0 atom stereocenters. The minimum atomic E-state index is -0.311. The van der Waals surface area contributed by atoms with Crippen molar-refractivity contribution in [2.75, 3.05) is 0 Å². The van der Waals surface area contributed by atoms with E-state index in [1.54, 1.807) is 12.1 Å². The largest absolute Gasteiger partial charge is 0.276 e. The smallest absolute Gasteiger partial charge is 0.199 e. The van der Waals surface area contributed by atoms with E-state index in [1.807, 2.05) is 19.1 Å². The molecule has 4 aromatic rings. The minimum absolute atomic E-state index is 0.311. The molecule has 0 saturated carbocycles. The number of aromatic nitrogens is 6. The van der Waals surface area contributed by atoms with Gasteiger partial charge in [-0.2, -0.15) is 10.2 Å². The SMILES string of the molecule is Cc1nc(-c2ccc3[nH]nc(-c4cccc(F)c4)c3n2)n[nH]1. The number of nitrogens with one attached hydrogen (secondary N) is 2. The number of hydrogen-bond donors (Lipinski definition) is 2. The number of rotatable bonds is 2. The van der Waals surface area contributed by atoms with Crippen molar-refractivity contribution in [1.29, 1.82) is 0 Å². The molecule has 3 heterocycles. The molecule has 0 aliphatic rings. The first kappa shape index (κ1) is 12.6. The van der Waals surface area contributed by atoms with E-state index in [0.29, 0.717) is 28.3 Å². The maximum atomic E-state index is 13.4. The Balaban J connectivity index is 1.90. The van der Waals surface area contributed by atoms with Gasteiger partial charge in [0.1, 0.15) is 28.5 Å². The quantitative estimate of drug-likeness (QED) is 0.595. The van der Waals surface area contributed by atoms with Gasteiger partial charge in [0.15, 0.2) is 5.82 Å². The lowest BCUT2D eigenvalue weighted by Gasteiger charge is -1.99. The molecule has 0 radical (unpaired) electrons. The van der Waals surface area contributed by atoms with Crippen LogP contribution in [0.2, 0.25) is 0 Å². The average Bonchev–Trinajstić information content (AvgIpc) is 3.12. The third kappa shape index (κ3) is 2.03. The first-order chi connectivity index (χ1) is 10.7. The van der Waals surface area contributed by atoms with Crippen molar-refractivity contribution in [3.63, 3.8) is 0 Å². The summed E-state index contributed by atoms with van der Waals surface area (Å²) in [6, 6.07) is 9.95. The molecule has 0 saturated heterocycles. The summed E-state index contributed by atoms with van der Waals surface area (Å²) in [7, 11) is 0. The third-order valence-corrected chi connectivity index (χ3v) is 3.33. The zero-order valence-electron chi connectivity index (χ0n) is 11.6. The van der Waals surface area contributed by atoms with Crippen LogP contribution < -0.4 is 0 Å². The van der Waals surface area contributed by atoms with Crippen molar-refractivity contribution in [2.24, 2.45) is 0 Å². The number of halogens is 1. The van der Waals surface area contributed by atoms with Crippen molar-refractivity contribution in [1.82, 2.24) is 30.4 Å². The van der Waals surface area contributed by atoms with E-state index < -0.39 is 0 Å². The highest BCUT2D eigenvalue weighted by Gasteiger charge is 2.13. The van der Waals surface area contributed by atoms with Crippen LogP contribution in [0.25, 0.3) is 33.8 Å². The van der Waals surface area contributed by atoms with E-state index in [9.17, 15) is 4.39 Å². The standard InChI is InChI=1S/C15H11FN6/c1-8-17-15(22-19-8)12-6-5-11-14(18-12)13(21-20-11)9-3-2-4-10(16)7-9/h2-7H,1H3,(H,20,21)(H,17,19,22). The van der Waals surface area contributed by atoms with Crippen LogP contribution in [0.5, 0.6) is 0 Å². The summed E-state index contributed by atoms with van der Waals surface area (Å²) in [6.45, 7) is 1.82. The second kappa shape index (κ2) is 4.73. The van der Waals surface area contributed by atoms with Gasteiger partial charge in [-0.3, -0.25) is 10.2 Å². The van der Waals surface area contributed by atoms with Gasteiger partial charge in [0.2, 0.25) is 0 Å². The number of pyridine rings is 1. The molecule has 22 heavy (non-hydrogen) atoms. The first-order valence-corrected chi connectivity index (χ1v) is 6.71. The monoisotopic (exact) mass is 294 g/mol. The average molecular weight is 294 g/mol. The van der Waals surface area contributed by atoms with E-state index in [0.717, 1.165) is 11.3 Å². The molecule has 3 aromatic heterocycles. The summed E-state index contributed by atoms with van der Waals surface area (Å²) in [5.41, 5.74) is 3.34. The molecule has 0 amide bonds. The van der Waals surface area contributed by atoms with E-state index in [2.05, 4.69) is 30.4 Å². The molecule has 6 nitrogen and oxygen atoms in total. The molecule has 7 heteroatoms. The Bertz CT molecular complexity index is 971. The summed E-state index contributed by atoms with van der Waals surface area (Å²) < 4.78 is 13.4. The van der Waals surface area contributed by atoms with Crippen molar-refractivity contribution < 1.29 is 4.39 Å². The van der Waals surface area contributed by atoms with Crippen LogP contribution in [0.4, 0.5) is 4.39 Å². The van der Waals surface area contributed by atoms with Gasteiger partial charge in [0.05, 0.1) is 5.52 Å². The Kier molecular flexibility index (Phi) is 2.72. The van der Waals surface area contributed by atoms with Crippen LogP contribution in [-0.2, 0) is 0 Å². The van der Waals surface area contributed by atoms with E-state index in [4.69, 9.17) is 0 Å². The summed E-state index contributed by atoms with van der Waals surface area (Å²) in [4.78, 5) is 8.83. The van der Waals surface area contributed by atoms with E-state index >= 15 is 0 Å². The topological polar surface area (TPSA) is 83.1 Å². The molecule has 1 aromatic carbocycles. The Morgan fingerprint density at radius 1 is 1.00 bits per heavy atom. The van der Waals surface area contributed by atoms with Gasteiger partial charge in [0, 0.05) is 5.56 Å². The van der Waals surface area contributed by atoms with Gasteiger partial charge in [-0.1, -0.05) is 12.1 Å². The van der Waals surface area contributed by atoms with Gasteiger partial charge < -0.3 is 0 Å². The highest BCUT2D eigenvalue weighted by Crippen LogP contribution is 2.27. The summed E-state index contributed by atoms with van der Waals surface area (Å²) in [5, 5.41) is 14.0. The fourth-order valence-electron chi connectivity index (χ4n) is 2.32. The van der Waals surface area contributed by atoms with Crippen molar-refractivity contribution >= 4 is 11.0 Å². The van der Waals surface area contributed by atoms with Crippen LogP contribution in [0.15, 0.2) is 36.4 Å². The Hall–Kier alpha value is -3.09. The zero-order valence-corrected chi connectivity index (χ0v) is 11.6. The molecule has 0 unspecified atom stereocenters. The number of aromatic amines is 2. The van der Waals surface area contributed by atoms with Crippen LogP contribution in [0.3, 0.4) is 0 Å². The predicted molar refractivity (Wildman–Crippen MR) is 79.4 cm³/mol. The predicted octanol–water partition coefficient (Wildman–Crippen LogP) is 2.86. The van der Waals surface area contributed by atoms with E-state index in [-0.39, 0.29) is 5.82 Å². The highest BCUT2D eigenvalue weighted by molar-refractivity contribution is 5.90. The zero-order chi connectivity index (χ0) is 15.1. The summed E-state index contributed by atoms with van der Waals surface area (Å²) in [5.74, 6) is 0.926. The molecular weight excluding hydrogens is 283 g/mol. The number of hydrogen-bond acceptors (Lipinski definition) is 4. The number of fused-ring (bicyclic) bond motifs is 1. The lowest BCUT2D eigenvalue weighted by atomic mass is 10.1. The molecule has 2 N–H and O–H groups in total. The molecule has 0 aliphatic carbocycles. The van der Waals surface area contributed by atoms with Crippen molar-refractivity contribution in [2.45, 2.75) is 6.92 Å². The second-order valence-corrected chi connectivity index (χ2v) is 4.92. The van der Waals surface area contributed by atoms with Crippen LogP contribution in [-0.4, -0.2) is 30.4 Å². The first-order valence-electron chi connectivity index (χ1n) is 6.71. The summed E-state index contributed by atoms with van der Waals surface area (Å²) >= 11 is 0. The van der Waals surface area contributed by atoms with Gasteiger partial charge in [-0.15, -0.1) is 0 Å². The number of aryl methyl sites for hydroxylation is 1. The van der Waals surface area contributed by atoms with E-state index in [1.165, 1.54) is 12.1 Å². The molecule has 0 spiro atoms. The molecule has 0 aliphatic heterocycles. The van der Waals surface area contributed by atoms with Crippen molar-refractivity contribution in [3.05, 3.63) is 48.0 Å². The Morgan fingerprint density at radius 2 is 1.91 bits per heavy atom. The van der Waals surface area contributed by atoms with Crippen molar-refractivity contribution in [3.8, 4) is 22.8 Å². The molecule has 0 bridgehead atoms. The fraction of sp³-hybridized carbons (Fsp3) is 0.0667. The molecule has 108 valence electrons. The summed E-state index contributed by atoms with van der Waals surface area (Å²) in [6.07, 6.45) is 0. The lowest BCUT2D eigenvalue weighted by Crippen LogP contribution is -1.88. The minimum Gasteiger partial charge on any atom is -0.276 e. The maximum Gasteiger partial charge on any atom is 0.199 e. The van der Waals surface area contributed by atoms with Gasteiger partial charge in [-0.05, 0) is 31.2 Å². The molecule has 0 fully saturated rings. The highest BCUT2D eigenvalue weighted by atomic mass is 19.1. The number of H-pyrrole nitrogens is 2. The number of benzene rings is 1. The van der Waals surface area contributed by atoms with Crippen LogP contribution in [0, 0.1) is 12.7 Å². The van der Waals surface area contributed by atoms with Crippen LogP contribution >= 0.6 is 0 Å². The third-order valence-electron chi connectivity index (χ3n) is 3.33. The maximum absolute atomic E-state index is 13.4. The normalized spacial score (nSPS) is 11.2. The van der Waals surface area contributed by atoms with Gasteiger partial charge in [0.25, 0.3) is 0 Å². The molecule has 4 rings (SSSR count). The van der Waals surface area contributed by atoms with Gasteiger partial charge in [-0.25, -0.2) is 14.4 Å². The lowest BCUT2D eigenvalue weighted by molar-refractivity contribution is 0.628. The van der Waals surface area contributed by atoms with Gasteiger partial charge >= 0.3 is 0 Å². The molecular formula is C15H11FN6. The Labute approximate surface area is 124 Å². The fourth-order valence-corrected chi connectivity index (χ4v) is 2.32. The Morgan fingerprint density at radius 3 is 2.68 bits per heavy atom. The second-order valence-electron chi connectivity index (χ2n) is 4.92. The number of nitrogens with zero attached hydrogens (tertiary/aromatic N) is 4. The van der Waals surface area contributed by atoms with Crippen LogP contribution in [0.1, 0.15) is 5.82 Å².